The van der Waals surface area contributed by atoms with E-state index in [1.165, 1.54) is 13.2 Å². The third-order valence-electron chi connectivity index (χ3n) is 3.45. The van der Waals surface area contributed by atoms with E-state index in [4.69, 9.17) is 16.3 Å². The topological polar surface area (TPSA) is 21.3 Å². The lowest BCUT2D eigenvalue weighted by molar-refractivity contribution is 0.385. The summed E-state index contributed by atoms with van der Waals surface area (Å²) in [5.74, 6) is -0.118. The molecule has 0 aliphatic heterocycles. The highest BCUT2D eigenvalue weighted by Gasteiger charge is 2.16. The molecular formula is C17H19ClFNO. The van der Waals surface area contributed by atoms with Crippen molar-refractivity contribution >= 4 is 11.6 Å². The SMILES string of the molecule is CCNC(c1ccc(C)c(Cl)c1)c1ccc(F)c(OC)c1. The molecule has 1 N–H and O–H groups in total. The first kappa shape index (κ1) is 15.8. The second kappa shape index (κ2) is 6.92. The molecule has 0 saturated carbocycles. The van der Waals surface area contributed by atoms with Gasteiger partial charge in [0, 0.05) is 5.02 Å². The fourth-order valence-corrected chi connectivity index (χ4v) is 2.47. The number of rotatable bonds is 5. The summed E-state index contributed by atoms with van der Waals surface area (Å²) in [6.45, 7) is 4.79. The Hall–Kier alpha value is -1.58. The first-order valence-electron chi connectivity index (χ1n) is 6.89. The molecule has 0 bridgehead atoms. The molecule has 4 heteroatoms. The fourth-order valence-electron chi connectivity index (χ4n) is 2.28. The summed E-state index contributed by atoms with van der Waals surface area (Å²) < 4.78 is 18.6. The van der Waals surface area contributed by atoms with Gasteiger partial charge in [0.05, 0.1) is 13.2 Å². The molecule has 0 heterocycles. The highest BCUT2D eigenvalue weighted by Crippen LogP contribution is 2.29. The van der Waals surface area contributed by atoms with Crippen molar-refractivity contribution in [1.29, 1.82) is 0 Å². The van der Waals surface area contributed by atoms with E-state index in [0.717, 1.165) is 28.3 Å². The van der Waals surface area contributed by atoms with Crippen LogP contribution in [0.3, 0.4) is 0 Å². The fraction of sp³-hybridized carbons (Fsp3) is 0.294. The van der Waals surface area contributed by atoms with Crippen molar-refractivity contribution in [3.8, 4) is 5.75 Å². The lowest BCUT2D eigenvalue weighted by atomic mass is 9.97. The molecule has 2 rings (SSSR count). The van der Waals surface area contributed by atoms with Gasteiger partial charge in [0.1, 0.15) is 0 Å². The molecule has 0 radical (unpaired) electrons. The van der Waals surface area contributed by atoms with E-state index in [2.05, 4.69) is 5.32 Å². The molecule has 2 aromatic rings. The van der Waals surface area contributed by atoms with Gasteiger partial charge in [0.15, 0.2) is 11.6 Å². The highest BCUT2D eigenvalue weighted by molar-refractivity contribution is 6.31. The first-order chi connectivity index (χ1) is 10.1. The van der Waals surface area contributed by atoms with E-state index in [1.54, 1.807) is 12.1 Å². The van der Waals surface area contributed by atoms with Crippen LogP contribution in [0.15, 0.2) is 36.4 Å². The Morgan fingerprint density at radius 2 is 1.86 bits per heavy atom. The Labute approximate surface area is 129 Å². The van der Waals surface area contributed by atoms with E-state index in [9.17, 15) is 4.39 Å². The van der Waals surface area contributed by atoms with Crippen molar-refractivity contribution in [3.05, 3.63) is 63.9 Å². The Morgan fingerprint density at radius 3 is 2.48 bits per heavy atom. The number of nitrogens with one attached hydrogen (secondary N) is 1. The Balaban J connectivity index is 2.44. The molecule has 21 heavy (non-hydrogen) atoms. The van der Waals surface area contributed by atoms with Crippen LogP contribution in [0, 0.1) is 12.7 Å². The van der Waals surface area contributed by atoms with Crippen LogP contribution in [-0.2, 0) is 0 Å². The Morgan fingerprint density at radius 1 is 1.19 bits per heavy atom. The molecule has 0 aliphatic rings. The van der Waals surface area contributed by atoms with Crippen LogP contribution >= 0.6 is 11.6 Å². The summed E-state index contributed by atoms with van der Waals surface area (Å²) in [4.78, 5) is 0. The number of halogens is 2. The molecule has 0 aliphatic carbocycles. The summed E-state index contributed by atoms with van der Waals surface area (Å²) in [7, 11) is 1.47. The van der Waals surface area contributed by atoms with Crippen LogP contribution in [0.1, 0.15) is 29.7 Å². The van der Waals surface area contributed by atoms with Crippen LogP contribution in [0.25, 0.3) is 0 Å². The molecule has 0 amide bonds. The number of hydrogen-bond acceptors (Lipinski definition) is 2. The third-order valence-corrected chi connectivity index (χ3v) is 3.85. The monoisotopic (exact) mass is 307 g/mol. The summed E-state index contributed by atoms with van der Waals surface area (Å²) in [6.07, 6.45) is 0. The number of benzene rings is 2. The van der Waals surface area contributed by atoms with E-state index in [0.29, 0.717) is 0 Å². The second-order valence-corrected chi connectivity index (χ2v) is 5.30. The lowest BCUT2D eigenvalue weighted by Crippen LogP contribution is -2.22. The smallest absolute Gasteiger partial charge is 0.165 e. The van der Waals surface area contributed by atoms with Gasteiger partial charge in [0.25, 0.3) is 0 Å². The molecule has 1 unspecified atom stereocenters. The van der Waals surface area contributed by atoms with Crippen molar-refractivity contribution in [2.45, 2.75) is 19.9 Å². The maximum Gasteiger partial charge on any atom is 0.165 e. The summed E-state index contributed by atoms with van der Waals surface area (Å²) in [5, 5.41) is 4.12. The van der Waals surface area contributed by atoms with E-state index in [-0.39, 0.29) is 17.6 Å². The predicted octanol–water partition coefficient (Wildman–Crippen LogP) is 4.50. The standard InChI is InChI=1S/C17H19ClFNO/c1-4-20-17(12-6-5-11(2)14(18)9-12)13-7-8-15(19)16(10-13)21-3/h5-10,17,20H,4H2,1-3H3. The minimum Gasteiger partial charge on any atom is -0.494 e. The van der Waals surface area contributed by atoms with Gasteiger partial charge in [-0.05, 0) is 48.4 Å². The normalized spacial score (nSPS) is 12.2. The average Bonchev–Trinajstić information content (AvgIpc) is 2.48. The van der Waals surface area contributed by atoms with Gasteiger partial charge in [-0.2, -0.15) is 0 Å². The van der Waals surface area contributed by atoms with Crippen LogP contribution in [-0.4, -0.2) is 13.7 Å². The van der Waals surface area contributed by atoms with Gasteiger partial charge < -0.3 is 10.1 Å². The lowest BCUT2D eigenvalue weighted by Gasteiger charge is -2.20. The van der Waals surface area contributed by atoms with Crippen LogP contribution < -0.4 is 10.1 Å². The molecule has 0 fully saturated rings. The first-order valence-corrected chi connectivity index (χ1v) is 7.27. The highest BCUT2D eigenvalue weighted by atomic mass is 35.5. The number of methoxy groups -OCH3 is 1. The van der Waals surface area contributed by atoms with Gasteiger partial charge in [0.2, 0.25) is 0 Å². The van der Waals surface area contributed by atoms with Crippen LogP contribution in [0.2, 0.25) is 5.02 Å². The third kappa shape index (κ3) is 3.55. The average molecular weight is 308 g/mol. The van der Waals surface area contributed by atoms with Crippen LogP contribution in [0.4, 0.5) is 4.39 Å². The molecular weight excluding hydrogens is 289 g/mol. The largest absolute Gasteiger partial charge is 0.494 e. The second-order valence-electron chi connectivity index (χ2n) is 4.89. The van der Waals surface area contributed by atoms with Crippen molar-refractivity contribution in [3.63, 3.8) is 0 Å². The quantitative estimate of drug-likeness (QED) is 0.878. The zero-order chi connectivity index (χ0) is 15.4. The Kier molecular flexibility index (Phi) is 5.21. The van der Waals surface area contributed by atoms with Gasteiger partial charge in [-0.15, -0.1) is 0 Å². The molecule has 2 aromatic carbocycles. The maximum absolute atomic E-state index is 13.6. The van der Waals surface area contributed by atoms with Gasteiger partial charge in [-0.3, -0.25) is 0 Å². The van der Waals surface area contributed by atoms with Crippen molar-refractivity contribution in [2.24, 2.45) is 0 Å². The summed E-state index contributed by atoms with van der Waals surface area (Å²) in [5.41, 5.74) is 3.02. The van der Waals surface area contributed by atoms with Crippen molar-refractivity contribution in [1.82, 2.24) is 5.32 Å². The summed E-state index contributed by atoms with van der Waals surface area (Å²) >= 11 is 6.22. The van der Waals surface area contributed by atoms with E-state index in [1.807, 2.05) is 32.0 Å². The van der Waals surface area contributed by atoms with Crippen molar-refractivity contribution in [2.75, 3.05) is 13.7 Å². The molecule has 0 aromatic heterocycles. The molecule has 112 valence electrons. The number of hydrogen-bond donors (Lipinski definition) is 1. The minimum absolute atomic E-state index is 0.0531. The zero-order valence-corrected chi connectivity index (χ0v) is 13.2. The zero-order valence-electron chi connectivity index (χ0n) is 12.4. The molecule has 0 saturated heterocycles. The summed E-state index contributed by atoms with van der Waals surface area (Å²) in [6, 6.07) is 10.8. The maximum atomic E-state index is 13.6. The number of aryl methyl sites for hydroxylation is 1. The number of ether oxygens (including phenoxy) is 1. The van der Waals surface area contributed by atoms with Crippen LogP contribution in [0.5, 0.6) is 5.75 Å². The van der Waals surface area contributed by atoms with Gasteiger partial charge in [-0.25, -0.2) is 4.39 Å². The van der Waals surface area contributed by atoms with Crippen molar-refractivity contribution < 1.29 is 9.13 Å². The Bertz CT molecular complexity index is 630. The molecule has 2 nitrogen and oxygen atoms in total. The van der Waals surface area contributed by atoms with E-state index >= 15 is 0 Å². The molecule has 0 spiro atoms. The minimum atomic E-state index is -0.363. The van der Waals surface area contributed by atoms with E-state index < -0.39 is 0 Å². The molecule has 1 atom stereocenters. The van der Waals surface area contributed by atoms with Gasteiger partial charge in [-0.1, -0.05) is 36.7 Å². The van der Waals surface area contributed by atoms with Gasteiger partial charge >= 0.3 is 0 Å². The predicted molar refractivity (Wildman–Crippen MR) is 84.7 cm³/mol.